The Labute approximate surface area is 235 Å². The Morgan fingerprint density at radius 1 is 0.975 bits per heavy atom. The monoisotopic (exact) mass is 553 g/mol. The number of hydroxylamine groups is 3. The van der Waals surface area contributed by atoms with E-state index in [-0.39, 0.29) is 17.2 Å². The minimum absolute atomic E-state index is 0.179. The summed E-state index contributed by atoms with van der Waals surface area (Å²) < 4.78 is 28.9. The number of unbranched alkanes of at least 4 members (excludes halogenated alkanes) is 2. The summed E-state index contributed by atoms with van der Waals surface area (Å²) in [5.74, 6) is 1.48. The van der Waals surface area contributed by atoms with E-state index in [1.165, 1.54) is 0 Å². The maximum absolute atomic E-state index is 13.1. The van der Waals surface area contributed by atoms with E-state index in [9.17, 15) is 10.0 Å². The summed E-state index contributed by atoms with van der Waals surface area (Å²) in [6.07, 6.45) is 4.31. The standard InChI is InChI=1S/C31H39NO8/c33-31(34)10-2-1-5-19-37-30-8-4-3-7-26(30)23-39-28(15-16-32(35)17-21-36-22-18-32)24-40-27-13-11-25(12-14-27)29-9-6-20-38-29/h3-4,6-9,11-14,20,28H,1-2,5,10,15-19,21-24H2,(H,33,34). The zero-order valence-corrected chi connectivity index (χ0v) is 22.9. The molecule has 4 rings (SSSR count). The van der Waals surface area contributed by atoms with Gasteiger partial charge < -0.3 is 38.3 Å². The molecule has 0 aliphatic carbocycles. The number of aliphatic carboxylic acids is 1. The second-order valence-electron chi connectivity index (χ2n) is 10.0. The Morgan fingerprint density at radius 2 is 1.77 bits per heavy atom. The Balaban J connectivity index is 1.32. The number of hydrogen-bond acceptors (Lipinski definition) is 7. The highest BCUT2D eigenvalue weighted by Crippen LogP contribution is 2.24. The molecule has 1 fully saturated rings. The summed E-state index contributed by atoms with van der Waals surface area (Å²) in [6, 6.07) is 19.2. The van der Waals surface area contributed by atoms with Crippen molar-refractivity contribution in [3.63, 3.8) is 0 Å². The predicted octanol–water partition coefficient (Wildman–Crippen LogP) is 5.67. The van der Waals surface area contributed by atoms with Crippen molar-refractivity contribution in [1.29, 1.82) is 0 Å². The average molecular weight is 554 g/mol. The van der Waals surface area contributed by atoms with E-state index in [1.54, 1.807) is 6.26 Å². The molecule has 1 aliphatic heterocycles. The largest absolute Gasteiger partial charge is 0.633 e. The van der Waals surface area contributed by atoms with Gasteiger partial charge in [-0.25, -0.2) is 0 Å². The highest BCUT2D eigenvalue weighted by molar-refractivity contribution is 5.66. The lowest BCUT2D eigenvalue weighted by Crippen LogP contribution is -2.51. The first kappa shape index (κ1) is 29.6. The van der Waals surface area contributed by atoms with E-state index < -0.39 is 5.97 Å². The Kier molecular flexibility index (Phi) is 11.4. The van der Waals surface area contributed by atoms with Gasteiger partial charge in [0.25, 0.3) is 0 Å². The smallest absolute Gasteiger partial charge is 0.303 e. The predicted molar refractivity (Wildman–Crippen MR) is 150 cm³/mol. The van der Waals surface area contributed by atoms with Gasteiger partial charge in [-0.3, -0.25) is 4.79 Å². The van der Waals surface area contributed by atoms with Crippen LogP contribution in [0.5, 0.6) is 11.5 Å². The fraction of sp³-hybridized carbons (Fsp3) is 0.452. The minimum Gasteiger partial charge on any atom is -0.633 e. The molecule has 216 valence electrons. The van der Waals surface area contributed by atoms with Gasteiger partial charge in [0.05, 0.1) is 45.3 Å². The molecule has 1 aromatic heterocycles. The number of carbonyl (C=O) groups is 1. The molecule has 0 radical (unpaired) electrons. The van der Waals surface area contributed by atoms with Gasteiger partial charge in [0.15, 0.2) is 0 Å². The Hall–Kier alpha value is -3.37. The molecule has 1 saturated heterocycles. The van der Waals surface area contributed by atoms with Crippen LogP contribution in [0, 0.1) is 5.21 Å². The van der Waals surface area contributed by atoms with Gasteiger partial charge in [-0.1, -0.05) is 18.2 Å². The normalized spacial score (nSPS) is 15.4. The maximum Gasteiger partial charge on any atom is 0.303 e. The second-order valence-corrected chi connectivity index (χ2v) is 10.0. The van der Waals surface area contributed by atoms with Crippen LogP contribution in [0.4, 0.5) is 0 Å². The lowest BCUT2D eigenvalue weighted by atomic mass is 10.1. The van der Waals surface area contributed by atoms with Gasteiger partial charge in [0.2, 0.25) is 0 Å². The maximum atomic E-state index is 13.1. The Morgan fingerprint density at radius 3 is 2.52 bits per heavy atom. The summed E-state index contributed by atoms with van der Waals surface area (Å²) in [6.45, 7) is 3.43. The second kappa shape index (κ2) is 15.4. The van der Waals surface area contributed by atoms with Crippen LogP contribution in [0.2, 0.25) is 0 Å². The third-order valence-electron chi connectivity index (χ3n) is 6.98. The van der Waals surface area contributed by atoms with Crippen LogP contribution in [-0.2, 0) is 20.9 Å². The summed E-state index contributed by atoms with van der Waals surface area (Å²) >= 11 is 0. The molecule has 1 atom stereocenters. The zero-order chi connectivity index (χ0) is 28.0. The number of hydrogen-bond donors (Lipinski definition) is 1. The van der Waals surface area contributed by atoms with Crippen LogP contribution in [0.15, 0.2) is 71.3 Å². The van der Waals surface area contributed by atoms with E-state index >= 15 is 0 Å². The highest BCUT2D eigenvalue weighted by Gasteiger charge is 2.24. The molecule has 3 aromatic rings. The number of carboxylic acid groups (broad SMARTS) is 1. The first-order chi connectivity index (χ1) is 19.5. The van der Waals surface area contributed by atoms with Crippen molar-refractivity contribution in [3.05, 3.63) is 77.7 Å². The molecule has 9 nitrogen and oxygen atoms in total. The molecule has 2 aromatic carbocycles. The molecule has 0 amide bonds. The van der Waals surface area contributed by atoms with E-state index in [2.05, 4.69) is 0 Å². The number of quaternary nitrogens is 1. The number of morpholine rings is 1. The molecule has 1 aliphatic rings. The van der Waals surface area contributed by atoms with Crippen molar-refractivity contribution in [2.24, 2.45) is 0 Å². The van der Waals surface area contributed by atoms with Crippen LogP contribution in [0.3, 0.4) is 0 Å². The molecular weight excluding hydrogens is 514 g/mol. The summed E-state index contributed by atoms with van der Waals surface area (Å²) in [4.78, 5) is 10.7. The fourth-order valence-electron chi connectivity index (χ4n) is 4.55. The number of carboxylic acids is 1. The molecule has 1 N–H and O–H groups in total. The molecule has 0 spiro atoms. The van der Waals surface area contributed by atoms with Crippen LogP contribution in [0.1, 0.15) is 37.7 Å². The summed E-state index contributed by atoms with van der Waals surface area (Å²) in [5.41, 5.74) is 1.88. The van der Waals surface area contributed by atoms with Crippen LogP contribution in [-0.4, -0.2) is 67.9 Å². The van der Waals surface area contributed by atoms with Gasteiger partial charge in [0, 0.05) is 24.0 Å². The van der Waals surface area contributed by atoms with E-state index in [4.69, 9.17) is 28.5 Å². The third kappa shape index (κ3) is 9.67. The van der Waals surface area contributed by atoms with Gasteiger partial charge >= 0.3 is 5.97 Å². The molecule has 0 bridgehead atoms. The first-order valence-electron chi connectivity index (χ1n) is 14.0. The lowest BCUT2D eigenvalue weighted by Gasteiger charge is -2.45. The highest BCUT2D eigenvalue weighted by atomic mass is 16.6. The van der Waals surface area contributed by atoms with Gasteiger partial charge in [-0.05, 0) is 61.7 Å². The van der Waals surface area contributed by atoms with Crippen LogP contribution < -0.4 is 9.47 Å². The fourth-order valence-corrected chi connectivity index (χ4v) is 4.55. The van der Waals surface area contributed by atoms with Gasteiger partial charge in [0.1, 0.15) is 37.0 Å². The topological polar surface area (TPSA) is 110 Å². The number of nitrogens with zero attached hydrogens (tertiary/aromatic N) is 1. The van der Waals surface area contributed by atoms with Crippen LogP contribution in [0.25, 0.3) is 11.3 Å². The molecule has 40 heavy (non-hydrogen) atoms. The minimum atomic E-state index is -0.772. The average Bonchev–Trinajstić information content (AvgIpc) is 3.51. The quantitative estimate of drug-likeness (QED) is 0.129. The van der Waals surface area contributed by atoms with Crippen LogP contribution >= 0.6 is 0 Å². The number of benzene rings is 2. The lowest BCUT2D eigenvalue weighted by molar-refractivity contribution is -0.889. The molecule has 1 unspecified atom stereocenters. The van der Waals surface area contributed by atoms with Gasteiger partial charge in [-0.2, -0.15) is 0 Å². The van der Waals surface area contributed by atoms with Crippen molar-refractivity contribution >= 4 is 5.97 Å². The summed E-state index contributed by atoms with van der Waals surface area (Å²) in [7, 11) is 0. The van der Waals surface area contributed by atoms with Crippen molar-refractivity contribution in [2.45, 2.75) is 44.8 Å². The van der Waals surface area contributed by atoms with Crippen molar-refractivity contribution in [1.82, 2.24) is 0 Å². The van der Waals surface area contributed by atoms with Gasteiger partial charge in [-0.15, -0.1) is 0 Å². The molecule has 0 saturated carbocycles. The first-order valence-corrected chi connectivity index (χ1v) is 14.0. The van der Waals surface area contributed by atoms with E-state index in [0.717, 1.165) is 35.5 Å². The van der Waals surface area contributed by atoms with E-state index in [1.807, 2.05) is 60.7 Å². The molecule has 2 heterocycles. The van der Waals surface area contributed by atoms with Crippen molar-refractivity contribution in [2.75, 3.05) is 46.1 Å². The Bertz CT molecular complexity index is 1140. The van der Waals surface area contributed by atoms with E-state index in [0.29, 0.717) is 71.3 Å². The number of rotatable bonds is 17. The molecule has 9 heteroatoms. The van der Waals surface area contributed by atoms with Crippen molar-refractivity contribution in [3.8, 4) is 22.8 Å². The van der Waals surface area contributed by atoms with Crippen molar-refractivity contribution < 1.29 is 37.9 Å². The number of ether oxygens (including phenoxy) is 4. The summed E-state index contributed by atoms with van der Waals surface area (Å²) in [5, 5.41) is 21.9. The number of furan rings is 1. The number of para-hydroxylation sites is 1. The SMILES string of the molecule is O=C(O)CCCCCOc1ccccc1COC(CC[N+]1([O-])CCOCC1)COc1ccc(-c2ccco2)cc1. The molecular formula is C31H39NO8. The zero-order valence-electron chi connectivity index (χ0n) is 22.9. The third-order valence-corrected chi connectivity index (χ3v) is 6.98.